The van der Waals surface area contributed by atoms with Gasteiger partial charge in [0.1, 0.15) is 48.1 Å². The molecule has 11 nitrogen and oxygen atoms in total. The molecule has 3 aliphatic heterocycles. The van der Waals surface area contributed by atoms with Crippen molar-refractivity contribution in [2.45, 2.75) is 56.8 Å². The van der Waals surface area contributed by atoms with E-state index in [4.69, 9.17) is 25.5 Å². The van der Waals surface area contributed by atoms with Crippen molar-refractivity contribution in [3.05, 3.63) is 64.3 Å². The van der Waals surface area contributed by atoms with Crippen LogP contribution in [-0.2, 0) is 0 Å². The van der Waals surface area contributed by atoms with Gasteiger partial charge in [0.25, 0.3) is 0 Å². The van der Waals surface area contributed by atoms with Gasteiger partial charge in [-0.25, -0.2) is 23.2 Å². The SMILES string of the molecule is C#Cc1c(F)ccc2cc(O)cc(-c3oc(=O)c4c(N5CCC[C@@H](n6cncn6)C5)nc(OC[C@@]56CCCN5C[C@H](F)C6)nc4c3C)c12. The Kier molecular flexibility index (Phi) is 7.28. The topological polar surface area (TPSA) is 123 Å². The minimum Gasteiger partial charge on any atom is -0.508 e. The van der Waals surface area contributed by atoms with E-state index < -0.39 is 23.2 Å². The Morgan fingerprint density at radius 3 is 2.88 bits per heavy atom. The number of phenolic OH excluding ortho intramolecular Hbond substituents is 1. The summed E-state index contributed by atoms with van der Waals surface area (Å²) >= 11 is 0. The molecule has 13 heteroatoms. The van der Waals surface area contributed by atoms with E-state index in [1.807, 2.05) is 4.90 Å². The number of aromatic hydroxyl groups is 1. The van der Waals surface area contributed by atoms with Crippen molar-refractivity contribution in [2.75, 3.05) is 37.7 Å². The van der Waals surface area contributed by atoms with Crippen LogP contribution in [0.2, 0.25) is 0 Å². The van der Waals surface area contributed by atoms with Crippen LogP contribution in [0.5, 0.6) is 11.8 Å². The molecule has 0 amide bonds. The maximum atomic E-state index is 14.9. The van der Waals surface area contributed by atoms with Gasteiger partial charge in [-0.15, -0.1) is 6.42 Å². The predicted molar refractivity (Wildman–Crippen MR) is 174 cm³/mol. The number of terminal acetylenes is 1. The number of nitrogens with zero attached hydrogens (tertiary/aromatic N) is 7. The average molecular weight is 654 g/mol. The van der Waals surface area contributed by atoms with Gasteiger partial charge in [-0.05, 0) is 62.7 Å². The highest BCUT2D eigenvalue weighted by atomic mass is 19.1. The predicted octanol–water partition coefficient (Wildman–Crippen LogP) is 4.93. The molecule has 6 heterocycles. The highest BCUT2D eigenvalue weighted by Gasteiger charge is 2.49. The van der Waals surface area contributed by atoms with Crippen LogP contribution in [0.4, 0.5) is 14.6 Å². The van der Waals surface area contributed by atoms with E-state index in [0.717, 1.165) is 32.2 Å². The van der Waals surface area contributed by atoms with E-state index in [1.165, 1.54) is 30.6 Å². The lowest BCUT2D eigenvalue weighted by molar-refractivity contribution is 0.107. The van der Waals surface area contributed by atoms with Crippen LogP contribution >= 0.6 is 0 Å². The third-order valence-corrected chi connectivity index (χ3v) is 10.1. The van der Waals surface area contributed by atoms with E-state index in [2.05, 4.69) is 20.9 Å². The van der Waals surface area contributed by atoms with Crippen LogP contribution in [0, 0.1) is 25.1 Å². The molecular formula is C35H33F2N7O4. The van der Waals surface area contributed by atoms with Gasteiger partial charge in [0.05, 0.1) is 22.7 Å². The lowest BCUT2D eigenvalue weighted by Crippen LogP contribution is -2.43. The summed E-state index contributed by atoms with van der Waals surface area (Å²) in [6, 6.07) is 5.66. The Morgan fingerprint density at radius 2 is 2.06 bits per heavy atom. The lowest BCUT2D eigenvalue weighted by Gasteiger charge is -2.34. The monoisotopic (exact) mass is 653 g/mol. The molecule has 48 heavy (non-hydrogen) atoms. The smallest absolute Gasteiger partial charge is 0.349 e. The molecule has 5 aromatic rings. The summed E-state index contributed by atoms with van der Waals surface area (Å²) in [7, 11) is 0. The Hall–Kier alpha value is -5.09. The van der Waals surface area contributed by atoms with E-state index in [1.54, 1.807) is 17.9 Å². The molecular weight excluding hydrogens is 620 g/mol. The highest BCUT2D eigenvalue weighted by Crippen LogP contribution is 2.42. The number of benzene rings is 2. The van der Waals surface area contributed by atoms with Gasteiger partial charge in [-0.1, -0.05) is 12.0 Å². The fraction of sp³-hybridized carbons (Fsp3) is 0.400. The number of rotatable bonds is 6. The zero-order valence-corrected chi connectivity index (χ0v) is 26.3. The second kappa shape index (κ2) is 11.6. The fourth-order valence-electron chi connectivity index (χ4n) is 7.93. The van der Waals surface area contributed by atoms with Gasteiger partial charge < -0.3 is 19.2 Å². The molecule has 0 unspecified atom stereocenters. The Labute approximate surface area is 274 Å². The van der Waals surface area contributed by atoms with Crippen LogP contribution in [0.25, 0.3) is 33.0 Å². The third-order valence-electron chi connectivity index (χ3n) is 10.1. The molecule has 0 spiro atoms. The highest BCUT2D eigenvalue weighted by molar-refractivity contribution is 6.03. The van der Waals surface area contributed by atoms with Crippen molar-refractivity contribution in [3.63, 3.8) is 0 Å². The number of aryl methyl sites for hydroxylation is 1. The molecule has 0 aliphatic carbocycles. The molecule has 3 saturated heterocycles. The minimum absolute atomic E-state index is 0.00954. The molecule has 1 N–H and O–H groups in total. The van der Waals surface area contributed by atoms with Crippen molar-refractivity contribution in [1.82, 2.24) is 29.6 Å². The Morgan fingerprint density at radius 1 is 1.19 bits per heavy atom. The molecule has 3 atom stereocenters. The van der Waals surface area contributed by atoms with E-state index >= 15 is 0 Å². The fourth-order valence-corrected chi connectivity index (χ4v) is 7.93. The molecule has 0 radical (unpaired) electrons. The molecule has 3 aromatic heterocycles. The van der Waals surface area contributed by atoms with Crippen LogP contribution in [-0.4, -0.2) is 79.2 Å². The number of anilines is 1. The summed E-state index contributed by atoms with van der Waals surface area (Å²) in [6.07, 6.45) is 11.8. The van der Waals surface area contributed by atoms with Gasteiger partial charge in [-0.3, -0.25) is 4.90 Å². The van der Waals surface area contributed by atoms with Crippen molar-refractivity contribution in [2.24, 2.45) is 0 Å². The first-order valence-electron chi connectivity index (χ1n) is 16.1. The summed E-state index contributed by atoms with van der Waals surface area (Å²) in [5.74, 6) is 2.12. The lowest BCUT2D eigenvalue weighted by atomic mass is 9.95. The standard InChI is InChI=1S/C35H33F2N7O4/c1-3-25-27(37)8-7-21-12-24(45)13-26(28(21)25)31-20(2)30-29(33(46)48-31)32(42-10-4-6-23(16-42)44-19-38-18-39-44)41-34(40-30)47-17-35-9-5-11-43(35)15-22(36)14-35/h1,7-8,12-13,18-19,22-23,45H,4-6,9-11,14-17H2,2H3/t22-,23-,35+/m1/s1. The summed E-state index contributed by atoms with van der Waals surface area (Å²) < 4.78 is 43.6. The van der Waals surface area contributed by atoms with Gasteiger partial charge in [0, 0.05) is 42.6 Å². The number of fused-ring (bicyclic) bond motifs is 3. The Bertz CT molecular complexity index is 2170. The van der Waals surface area contributed by atoms with Crippen LogP contribution < -0.4 is 15.3 Å². The molecule has 3 fully saturated rings. The first-order valence-corrected chi connectivity index (χ1v) is 16.1. The molecule has 0 bridgehead atoms. The van der Waals surface area contributed by atoms with Crippen molar-refractivity contribution in [3.8, 4) is 35.4 Å². The quantitative estimate of drug-likeness (QED) is 0.253. The number of ether oxygens (including phenoxy) is 1. The second-order valence-corrected chi connectivity index (χ2v) is 13.0. The number of hydrogen-bond acceptors (Lipinski definition) is 10. The van der Waals surface area contributed by atoms with Crippen LogP contribution in [0.3, 0.4) is 0 Å². The van der Waals surface area contributed by atoms with Crippen molar-refractivity contribution in [1.29, 1.82) is 0 Å². The average Bonchev–Trinajstić information content (AvgIpc) is 3.82. The summed E-state index contributed by atoms with van der Waals surface area (Å²) in [5.41, 5.74) is -0.175. The number of phenols is 1. The molecule has 3 aliphatic rings. The number of hydrogen-bond donors (Lipinski definition) is 1. The first kappa shape index (κ1) is 30.3. The second-order valence-electron chi connectivity index (χ2n) is 13.0. The number of alkyl halides is 1. The summed E-state index contributed by atoms with van der Waals surface area (Å²) in [6.45, 7) is 4.25. The number of halogens is 2. The third kappa shape index (κ3) is 4.93. The molecule has 8 rings (SSSR count). The minimum atomic E-state index is -0.923. The van der Waals surface area contributed by atoms with E-state index in [9.17, 15) is 18.7 Å². The zero-order chi connectivity index (χ0) is 33.2. The van der Waals surface area contributed by atoms with Crippen LogP contribution in [0.1, 0.15) is 49.3 Å². The maximum Gasteiger partial charge on any atom is 0.349 e. The molecule has 246 valence electrons. The zero-order valence-electron chi connectivity index (χ0n) is 26.3. The molecule has 2 aromatic carbocycles. The van der Waals surface area contributed by atoms with Gasteiger partial charge in [-0.2, -0.15) is 15.1 Å². The van der Waals surface area contributed by atoms with Crippen LogP contribution in [0.15, 0.2) is 46.1 Å². The Balaban J connectivity index is 1.30. The van der Waals surface area contributed by atoms with E-state index in [-0.39, 0.29) is 52.2 Å². The maximum absolute atomic E-state index is 14.9. The molecule has 0 saturated carbocycles. The largest absolute Gasteiger partial charge is 0.508 e. The van der Waals surface area contributed by atoms with Crippen molar-refractivity contribution >= 4 is 27.5 Å². The van der Waals surface area contributed by atoms with Gasteiger partial charge in [0.2, 0.25) is 0 Å². The summed E-state index contributed by atoms with van der Waals surface area (Å²) in [4.78, 5) is 31.9. The van der Waals surface area contributed by atoms with Gasteiger partial charge >= 0.3 is 11.6 Å². The summed E-state index contributed by atoms with van der Waals surface area (Å²) in [5, 5.41) is 15.9. The normalized spacial score (nSPS) is 22.8. The van der Waals surface area contributed by atoms with Gasteiger partial charge in [0.15, 0.2) is 5.82 Å². The number of piperidine rings is 1. The first-order chi connectivity index (χ1) is 23.2. The number of aromatic nitrogens is 5. The van der Waals surface area contributed by atoms with E-state index in [0.29, 0.717) is 48.2 Å². The van der Waals surface area contributed by atoms with Crippen molar-refractivity contribution < 1.29 is 23.0 Å².